The van der Waals surface area contributed by atoms with Gasteiger partial charge in [0.15, 0.2) is 17.2 Å². The molecule has 1 aliphatic heterocycles. The van der Waals surface area contributed by atoms with Crippen molar-refractivity contribution >= 4 is 22.8 Å². The molecule has 0 aliphatic carbocycles. The van der Waals surface area contributed by atoms with E-state index in [4.69, 9.17) is 9.47 Å². The largest absolute Gasteiger partial charge is 0.610 e. The monoisotopic (exact) mass is 492 g/mol. The molecule has 5 atom stereocenters. The molecule has 1 aliphatic rings. The van der Waals surface area contributed by atoms with Gasteiger partial charge >= 0.3 is 6.18 Å². The van der Waals surface area contributed by atoms with Crippen LogP contribution < -0.4 is 10.1 Å². The molecule has 6 nitrogen and oxygen atoms in total. The van der Waals surface area contributed by atoms with Gasteiger partial charge in [0.05, 0.1) is 7.11 Å². The average Bonchev–Trinajstić information content (AvgIpc) is 3.02. The summed E-state index contributed by atoms with van der Waals surface area (Å²) in [6, 6.07) is 4.50. The molecular weight excluding hydrogens is 471 g/mol. The van der Waals surface area contributed by atoms with Gasteiger partial charge in [0, 0.05) is 46.5 Å². The van der Waals surface area contributed by atoms with Crippen molar-refractivity contribution in [1.82, 2.24) is 4.98 Å². The van der Waals surface area contributed by atoms with Crippen LogP contribution in [-0.4, -0.2) is 46.7 Å². The number of anilines is 1. The molecule has 0 bridgehead atoms. The second-order valence-corrected chi connectivity index (χ2v) is 9.09. The number of nitrogens with zero attached hydrogens (tertiary/aromatic N) is 1. The zero-order valence-electron chi connectivity index (χ0n) is 18.0. The smallest absolute Gasteiger partial charge is 0.417 e. The summed E-state index contributed by atoms with van der Waals surface area (Å²) in [4.78, 5) is 17.0. The van der Waals surface area contributed by atoms with Gasteiger partial charge in [0.25, 0.3) is 5.91 Å². The van der Waals surface area contributed by atoms with Gasteiger partial charge in [-0.25, -0.2) is 9.37 Å². The van der Waals surface area contributed by atoms with Crippen molar-refractivity contribution in [2.45, 2.75) is 42.7 Å². The Labute approximate surface area is 189 Å². The minimum atomic E-state index is -4.87. The summed E-state index contributed by atoms with van der Waals surface area (Å²) in [7, 11) is 1.04. The zero-order chi connectivity index (χ0) is 24.7. The molecule has 2 aromatic rings. The molecule has 1 saturated heterocycles. The number of carbonyl (C=O) groups excluding carboxylic acids is 1. The van der Waals surface area contributed by atoms with Crippen molar-refractivity contribution in [2.75, 3.05) is 18.7 Å². The first-order valence-corrected chi connectivity index (χ1v) is 11.2. The molecule has 1 aromatic carbocycles. The number of alkyl halides is 3. The van der Waals surface area contributed by atoms with Crippen LogP contribution in [0.5, 0.6) is 5.75 Å². The molecule has 1 aromatic heterocycles. The first kappa shape index (κ1) is 25.2. The predicted molar refractivity (Wildman–Crippen MR) is 109 cm³/mol. The minimum absolute atomic E-state index is 0.132. The summed E-state index contributed by atoms with van der Waals surface area (Å²) in [5, 5.41) is 2.58. The fraction of sp³-hybridized carbons (Fsp3) is 0.429. The number of pyridine rings is 1. The Balaban J connectivity index is 2.07. The van der Waals surface area contributed by atoms with E-state index in [9.17, 15) is 31.3 Å². The highest BCUT2D eigenvalue weighted by atomic mass is 32.2. The summed E-state index contributed by atoms with van der Waals surface area (Å²) in [5.74, 6) is -6.89. The molecular formula is C21H21F5N2O4S. The van der Waals surface area contributed by atoms with E-state index < -0.39 is 64.2 Å². The lowest BCUT2D eigenvalue weighted by Crippen LogP contribution is -2.47. The van der Waals surface area contributed by atoms with E-state index in [1.54, 1.807) is 0 Å². The number of rotatable bonds is 5. The Morgan fingerprint density at radius 2 is 1.97 bits per heavy atom. The van der Waals surface area contributed by atoms with Crippen LogP contribution in [0.4, 0.5) is 27.6 Å². The third-order valence-corrected chi connectivity index (χ3v) is 6.68. The molecule has 1 N–H and O–H groups in total. The second kappa shape index (κ2) is 9.07. The lowest BCUT2D eigenvalue weighted by atomic mass is 9.77. The van der Waals surface area contributed by atoms with Gasteiger partial charge < -0.3 is 19.3 Å². The molecule has 0 saturated carbocycles. The van der Waals surface area contributed by atoms with Gasteiger partial charge in [-0.15, -0.1) is 0 Å². The Kier molecular flexibility index (Phi) is 6.92. The van der Waals surface area contributed by atoms with E-state index in [-0.39, 0.29) is 16.3 Å². The van der Waals surface area contributed by atoms with E-state index in [0.717, 1.165) is 26.2 Å². The highest BCUT2D eigenvalue weighted by Crippen LogP contribution is 2.55. The van der Waals surface area contributed by atoms with Gasteiger partial charge in [-0.2, -0.15) is 17.6 Å². The fourth-order valence-electron chi connectivity index (χ4n) is 3.90. The Morgan fingerprint density at radius 1 is 1.30 bits per heavy atom. The van der Waals surface area contributed by atoms with E-state index in [1.165, 1.54) is 31.5 Å². The average molecular weight is 492 g/mol. The molecule has 0 unspecified atom stereocenters. The summed E-state index contributed by atoms with van der Waals surface area (Å²) >= 11 is -1.47. The van der Waals surface area contributed by atoms with Gasteiger partial charge in [0.1, 0.15) is 12.4 Å². The molecule has 0 spiro atoms. The Morgan fingerprint density at radius 3 is 2.55 bits per heavy atom. The maximum absolute atomic E-state index is 14.4. The fourth-order valence-corrected chi connectivity index (χ4v) is 4.40. The van der Waals surface area contributed by atoms with Crippen LogP contribution >= 0.6 is 0 Å². The summed E-state index contributed by atoms with van der Waals surface area (Å²) < 4.78 is 91.8. The second-order valence-electron chi connectivity index (χ2n) is 7.77. The van der Waals surface area contributed by atoms with Crippen LogP contribution in [0.15, 0.2) is 35.5 Å². The maximum atomic E-state index is 14.4. The topological polar surface area (TPSA) is 83.5 Å². The van der Waals surface area contributed by atoms with Gasteiger partial charge in [-0.1, -0.05) is 13.0 Å². The van der Waals surface area contributed by atoms with E-state index in [2.05, 4.69) is 10.3 Å². The Hall–Kier alpha value is -2.44. The minimum Gasteiger partial charge on any atom is -0.610 e. The lowest BCUT2D eigenvalue weighted by Gasteiger charge is -2.32. The molecule has 0 radical (unpaired) electrons. The lowest BCUT2D eigenvalue weighted by molar-refractivity contribution is -0.272. The van der Waals surface area contributed by atoms with Crippen molar-refractivity contribution in [2.24, 2.45) is 5.92 Å². The molecule has 12 heteroatoms. The molecule has 33 heavy (non-hydrogen) atoms. The number of hydrogen-bond acceptors (Lipinski definition) is 5. The zero-order valence-corrected chi connectivity index (χ0v) is 18.8. The number of amides is 1. The molecule has 180 valence electrons. The summed E-state index contributed by atoms with van der Waals surface area (Å²) in [5.41, 5.74) is -2.76. The number of ether oxygens (including phenoxy) is 2. The van der Waals surface area contributed by atoms with Crippen molar-refractivity contribution in [3.8, 4) is 5.75 Å². The quantitative estimate of drug-likeness (QED) is 0.500. The summed E-state index contributed by atoms with van der Waals surface area (Å²) in [6.45, 7) is 2.02. The standard InChI is InChI=1S/C21H21F5N2O4S/c1-10-15(12-5-6-13(22)16(23)17(12)31-3)18(32-20(10,2)21(24,25)26)19(29)28-11-7-8-27-14(9-11)33(4)30/h5-10,15,18H,1-4H3,(H,27,28,29)/t10-,15-,18+,20+,33+/m1/s1. The number of carbonyl (C=O) groups is 1. The SMILES string of the molecule is COc1c([C@@H]2[C@@H](C(=O)Nc3ccnc([S@+](C)[O-])c3)O[C@](C)(C(F)(F)F)[C@@H]2C)ccc(F)c1F. The number of methoxy groups -OCH3 is 1. The number of nitrogens with one attached hydrogen (secondary N) is 1. The highest BCUT2D eigenvalue weighted by Gasteiger charge is 2.65. The normalized spacial score (nSPS) is 26.2. The predicted octanol–water partition coefficient (Wildman–Crippen LogP) is 4.18. The molecule has 1 fully saturated rings. The van der Waals surface area contributed by atoms with Crippen LogP contribution in [-0.2, 0) is 20.7 Å². The summed E-state index contributed by atoms with van der Waals surface area (Å²) in [6.07, 6.45) is -3.95. The van der Waals surface area contributed by atoms with Gasteiger partial charge in [-0.05, 0) is 19.1 Å². The first-order chi connectivity index (χ1) is 15.3. The van der Waals surface area contributed by atoms with Crippen LogP contribution in [0.1, 0.15) is 25.3 Å². The van der Waals surface area contributed by atoms with Crippen LogP contribution in [0.25, 0.3) is 0 Å². The number of aromatic nitrogens is 1. The van der Waals surface area contributed by atoms with E-state index in [1.807, 2.05) is 0 Å². The van der Waals surface area contributed by atoms with E-state index >= 15 is 0 Å². The van der Waals surface area contributed by atoms with Crippen LogP contribution in [0.2, 0.25) is 0 Å². The van der Waals surface area contributed by atoms with Crippen molar-refractivity contribution < 1.29 is 40.8 Å². The maximum Gasteiger partial charge on any atom is 0.417 e. The number of hydrogen-bond donors (Lipinski definition) is 1. The third kappa shape index (κ3) is 4.51. The highest BCUT2D eigenvalue weighted by molar-refractivity contribution is 7.90. The van der Waals surface area contributed by atoms with Gasteiger partial charge in [0.2, 0.25) is 10.8 Å². The third-order valence-electron chi connectivity index (χ3n) is 5.87. The number of halogens is 5. The molecule has 2 heterocycles. The van der Waals surface area contributed by atoms with Gasteiger partial charge in [-0.3, -0.25) is 4.79 Å². The number of benzene rings is 1. The van der Waals surface area contributed by atoms with Crippen molar-refractivity contribution in [3.05, 3.63) is 47.7 Å². The van der Waals surface area contributed by atoms with Crippen LogP contribution in [0, 0.1) is 17.6 Å². The molecule has 3 rings (SSSR count). The first-order valence-electron chi connectivity index (χ1n) is 9.68. The van der Waals surface area contributed by atoms with Crippen molar-refractivity contribution in [1.29, 1.82) is 0 Å². The Bertz CT molecular complexity index is 1050. The molecule has 1 amide bonds. The van der Waals surface area contributed by atoms with Crippen molar-refractivity contribution in [3.63, 3.8) is 0 Å². The van der Waals surface area contributed by atoms with E-state index in [0.29, 0.717) is 0 Å². The van der Waals surface area contributed by atoms with Crippen LogP contribution in [0.3, 0.4) is 0 Å².